The van der Waals surface area contributed by atoms with Crippen LogP contribution in [-0.4, -0.2) is 42.8 Å². The van der Waals surface area contributed by atoms with Gasteiger partial charge in [-0.05, 0) is 60.4 Å². The molecule has 0 saturated carbocycles. The molecule has 0 radical (unpaired) electrons. The van der Waals surface area contributed by atoms with Gasteiger partial charge in [-0.2, -0.15) is 4.68 Å². The molecule has 2 heterocycles. The van der Waals surface area contributed by atoms with E-state index in [4.69, 9.17) is 0 Å². The van der Waals surface area contributed by atoms with Crippen LogP contribution in [0.15, 0.2) is 47.6 Å². The average Bonchev–Trinajstić information content (AvgIpc) is 3.14. The number of hydrogen-bond donors (Lipinski definition) is 0. The van der Waals surface area contributed by atoms with Gasteiger partial charge in [0.1, 0.15) is 0 Å². The Morgan fingerprint density at radius 2 is 1.93 bits per heavy atom. The molecule has 1 atom stereocenters. The Kier molecular flexibility index (Phi) is 5.17. The van der Waals surface area contributed by atoms with Crippen LogP contribution in [0.4, 0.5) is 0 Å². The number of fused-ring (bicyclic) bond motifs is 1. The molecule has 1 aliphatic heterocycles. The van der Waals surface area contributed by atoms with Gasteiger partial charge in [-0.1, -0.05) is 53.7 Å². The summed E-state index contributed by atoms with van der Waals surface area (Å²) >= 11 is 1.40. The smallest absolute Gasteiger partial charge is 0.236 e. The number of carbonyl (C=O) groups is 1. The molecule has 0 bridgehead atoms. The first-order valence-corrected chi connectivity index (χ1v) is 10.3. The number of amides is 1. The van der Waals surface area contributed by atoms with Crippen LogP contribution in [0.2, 0.25) is 0 Å². The molecule has 0 unspecified atom stereocenters. The van der Waals surface area contributed by atoms with Crippen LogP contribution in [-0.2, 0) is 17.8 Å². The van der Waals surface area contributed by atoms with Gasteiger partial charge in [-0.25, -0.2) is 0 Å². The zero-order valence-corrected chi connectivity index (χ0v) is 17.1. The lowest BCUT2D eigenvalue weighted by Crippen LogP contribution is -2.40. The molecule has 2 aromatic carbocycles. The summed E-state index contributed by atoms with van der Waals surface area (Å²) in [7, 11) is 0. The third kappa shape index (κ3) is 3.67. The van der Waals surface area contributed by atoms with Crippen molar-refractivity contribution in [2.24, 2.45) is 0 Å². The topological polar surface area (TPSA) is 63.9 Å². The van der Waals surface area contributed by atoms with E-state index in [1.165, 1.54) is 28.5 Å². The molecule has 0 spiro atoms. The molecule has 0 saturated heterocycles. The van der Waals surface area contributed by atoms with Crippen molar-refractivity contribution in [3.63, 3.8) is 0 Å². The molecule has 1 amide bonds. The molecule has 3 aromatic rings. The number of benzene rings is 2. The Morgan fingerprint density at radius 1 is 1.14 bits per heavy atom. The van der Waals surface area contributed by atoms with Crippen LogP contribution in [0.1, 0.15) is 29.2 Å². The molecule has 0 fully saturated rings. The van der Waals surface area contributed by atoms with Crippen LogP contribution in [0.5, 0.6) is 0 Å². The second kappa shape index (κ2) is 7.75. The number of thioether (sulfide) groups is 1. The third-order valence-corrected chi connectivity index (χ3v) is 6.11. The number of tetrazole rings is 1. The van der Waals surface area contributed by atoms with E-state index in [2.05, 4.69) is 46.7 Å². The quantitative estimate of drug-likeness (QED) is 0.636. The summed E-state index contributed by atoms with van der Waals surface area (Å²) < 4.78 is 1.72. The molecule has 0 aliphatic carbocycles. The zero-order chi connectivity index (χ0) is 19.7. The Bertz CT molecular complexity index is 1020. The first kappa shape index (κ1) is 18.7. The van der Waals surface area contributed by atoms with Gasteiger partial charge in [0.15, 0.2) is 0 Å². The summed E-state index contributed by atoms with van der Waals surface area (Å²) in [6.07, 6.45) is 0.902. The van der Waals surface area contributed by atoms with Gasteiger partial charge in [0.05, 0.1) is 10.9 Å². The maximum absolute atomic E-state index is 13.0. The van der Waals surface area contributed by atoms with Crippen molar-refractivity contribution in [1.82, 2.24) is 25.1 Å². The standard InChI is InChI=1S/C21H23N5OS/c1-14-8-9-19(15(2)12-14)26-21(22-23-24-26)28-16(3)20(27)25-11-10-17-6-4-5-7-18(17)13-25/h4-9,12,16H,10-11,13H2,1-3H3/t16-/m1/s1. The van der Waals surface area contributed by atoms with Crippen LogP contribution >= 0.6 is 11.8 Å². The number of carbonyl (C=O) groups excluding carboxylic acids is 1. The number of nitrogens with zero attached hydrogens (tertiary/aromatic N) is 5. The van der Waals surface area contributed by atoms with E-state index in [1.54, 1.807) is 4.68 Å². The Balaban J connectivity index is 1.50. The highest BCUT2D eigenvalue weighted by Crippen LogP contribution is 2.27. The summed E-state index contributed by atoms with van der Waals surface area (Å²) in [6, 6.07) is 14.5. The monoisotopic (exact) mass is 393 g/mol. The van der Waals surface area contributed by atoms with Gasteiger partial charge < -0.3 is 4.90 Å². The highest BCUT2D eigenvalue weighted by atomic mass is 32.2. The first-order chi connectivity index (χ1) is 13.5. The molecule has 28 heavy (non-hydrogen) atoms. The lowest BCUT2D eigenvalue weighted by Gasteiger charge is -2.30. The minimum atomic E-state index is -0.263. The van der Waals surface area contributed by atoms with E-state index >= 15 is 0 Å². The van der Waals surface area contributed by atoms with Crippen molar-refractivity contribution in [2.45, 2.75) is 44.1 Å². The second-order valence-electron chi connectivity index (χ2n) is 7.20. The fraction of sp³-hybridized carbons (Fsp3) is 0.333. The largest absolute Gasteiger partial charge is 0.337 e. The Morgan fingerprint density at radius 3 is 2.71 bits per heavy atom. The number of rotatable bonds is 4. The lowest BCUT2D eigenvalue weighted by molar-refractivity contribution is -0.131. The average molecular weight is 394 g/mol. The van der Waals surface area contributed by atoms with Gasteiger partial charge >= 0.3 is 0 Å². The number of aryl methyl sites for hydroxylation is 2. The van der Waals surface area contributed by atoms with Crippen molar-refractivity contribution in [1.29, 1.82) is 0 Å². The molecule has 7 heteroatoms. The van der Waals surface area contributed by atoms with Crippen LogP contribution in [0.3, 0.4) is 0 Å². The highest BCUT2D eigenvalue weighted by Gasteiger charge is 2.27. The van der Waals surface area contributed by atoms with Crippen LogP contribution < -0.4 is 0 Å². The van der Waals surface area contributed by atoms with Crippen molar-refractivity contribution < 1.29 is 4.79 Å². The van der Waals surface area contributed by atoms with Crippen molar-refractivity contribution in [3.8, 4) is 5.69 Å². The van der Waals surface area contributed by atoms with Crippen molar-refractivity contribution in [2.75, 3.05) is 6.54 Å². The predicted octanol–water partition coefficient (Wildman–Crippen LogP) is 3.34. The summed E-state index contributed by atoms with van der Waals surface area (Å²) in [5.41, 5.74) is 5.80. The highest BCUT2D eigenvalue weighted by molar-refractivity contribution is 8.00. The third-order valence-electron chi connectivity index (χ3n) is 5.09. The van der Waals surface area contributed by atoms with Gasteiger partial charge in [0.2, 0.25) is 11.1 Å². The summed E-state index contributed by atoms with van der Waals surface area (Å²) in [4.78, 5) is 15.0. The SMILES string of the molecule is Cc1ccc(-n2nnnc2S[C@H](C)C(=O)N2CCc3ccccc3C2)c(C)c1. The molecular weight excluding hydrogens is 370 g/mol. The fourth-order valence-corrected chi connectivity index (χ4v) is 4.48. The van der Waals surface area contributed by atoms with Gasteiger partial charge in [-0.15, -0.1) is 5.10 Å². The molecule has 144 valence electrons. The molecule has 4 rings (SSSR count). The van der Waals surface area contributed by atoms with E-state index < -0.39 is 0 Å². The van der Waals surface area contributed by atoms with E-state index in [0.717, 1.165) is 24.2 Å². The molecule has 1 aliphatic rings. The molecular formula is C21H23N5OS. The normalized spacial score (nSPS) is 14.6. The molecule has 6 nitrogen and oxygen atoms in total. The second-order valence-corrected chi connectivity index (χ2v) is 8.51. The first-order valence-electron chi connectivity index (χ1n) is 9.41. The van der Waals surface area contributed by atoms with Gasteiger partial charge in [0, 0.05) is 13.1 Å². The predicted molar refractivity (Wildman–Crippen MR) is 110 cm³/mol. The minimum Gasteiger partial charge on any atom is -0.337 e. The summed E-state index contributed by atoms with van der Waals surface area (Å²) in [5, 5.41) is 12.5. The van der Waals surface area contributed by atoms with E-state index in [0.29, 0.717) is 11.7 Å². The van der Waals surface area contributed by atoms with Crippen molar-refractivity contribution in [3.05, 3.63) is 64.7 Å². The van der Waals surface area contributed by atoms with E-state index in [9.17, 15) is 4.79 Å². The molecule has 1 aromatic heterocycles. The van der Waals surface area contributed by atoms with Gasteiger partial charge in [0.25, 0.3) is 0 Å². The van der Waals surface area contributed by atoms with Gasteiger partial charge in [-0.3, -0.25) is 4.79 Å². The lowest BCUT2D eigenvalue weighted by atomic mass is 10.00. The maximum Gasteiger partial charge on any atom is 0.236 e. The van der Waals surface area contributed by atoms with E-state index in [-0.39, 0.29) is 11.2 Å². The number of aromatic nitrogens is 4. The maximum atomic E-state index is 13.0. The number of hydrogen-bond acceptors (Lipinski definition) is 5. The van der Waals surface area contributed by atoms with Crippen molar-refractivity contribution >= 4 is 17.7 Å². The zero-order valence-electron chi connectivity index (χ0n) is 16.3. The summed E-state index contributed by atoms with van der Waals surface area (Å²) in [6.45, 7) is 7.45. The minimum absolute atomic E-state index is 0.120. The van der Waals surface area contributed by atoms with Crippen LogP contribution in [0.25, 0.3) is 5.69 Å². The molecule has 0 N–H and O–H groups in total. The Labute approximate surface area is 168 Å². The van der Waals surface area contributed by atoms with Crippen LogP contribution in [0, 0.1) is 13.8 Å². The Hall–Kier alpha value is -2.67. The van der Waals surface area contributed by atoms with E-state index in [1.807, 2.05) is 36.9 Å². The fourth-order valence-electron chi connectivity index (χ4n) is 3.60. The summed E-state index contributed by atoms with van der Waals surface area (Å²) in [5.74, 6) is 0.120.